The highest BCUT2D eigenvalue weighted by atomic mass is 35.5. The monoisotopic (exact) mass is 255 g/mol. The molecule has 0 fully saturated rings. The van der Waals surface area contributed by atoms with E-state index in [1.54, 1.807) is 11.0 Å². The van der Waals surface area contributed by atoms with E-state index < -0.39 is 0 Å². The third kappa shape index (κ3) is 4.02. The standard InChI is InChI=1S/C13H18ClNO2/c1-10(2)13(17)15(7-8-16)9-11-5-3-4-6-12(11)14/h3-6,10,16H,7-9H2,1-2H3. The molecule has 0 saturated carbocycles. The zero-order valence-corrected chi connectivity index (χ0v) is 10.9. The molecule has 0 saturated heterocycles. The summed E-state index contributed by atoms with van der Waals surface area (Å²) in [6, 6.07) is 7.43. The van der Waals surface area contributed by atoms with Crippen LogP contribution in [0.2, 0.25) is 5.02 Å². The molecule has 1 rings (SSSR count). The molecule has 0 aliphatic heterocycles. The van der Waals surface area contributed by atoms with Crippen molar-refractivity contribution in [2.45, 2.75) is 20.4 Å². The van der Waals surface area contributed by atoms with Gasteiger partial charge in [-0.1, -0.05) is 43.6 Å². The van der Waals surface area contributed by atoms with E-state index in [9.17, 15) is 4.79 Å². The van der Waals surface area contributed by atoms with Gasteiger partial charge in [-0.25, -0.2) is 0 Å². The van der Waals surface area contributed by atoms with Crippen LogP contribution in [-0.4, -0.2) is 29.1 Å². The average Bonchev–Trinajstić information content (AvgIpc) is 2.30. The number of benzene rings is 1. The van der Waals surface area contributed by atoms with Gasteiger partial charge in [0.15, 0.2) is 0 Å². The number of hydrogen-bond donors (Lipinski definition) is 1. The lowest BCUT2D eigenvalue weighted by molar-refractivity contribution is -0.135. The molecule has 1 amide bonds. The lowest BCUT2D eigenvalue weighted by Gasteiger charge is -2.24. The van der Waals surface area contributed by atoms with E-state index in [0.29, 0.717) is 18.1 Å². The van der Waals surface area contributed by atoms with Crippen molar-refractivity contribution < 1.29 is 9.90 Å². The smallest absolute Gasteiger partial charge is 0.225 e. The fraction of sp³-hybridized carbons (Fsp3) is 0.462. The zero-order valence-electron chi connectivity index (χ0n) is 10.2. The predicted octanol–water partition coefficient (Wildman–Crippen LogP) is 2.32. The molecule has 1 N–H and O–H groups in total. The molecule has 1 aromatic carbocycles. The Morgan fingerprint density at radius 2 is 2.06 bits per heavy atom. The van der Waals surface area contributed by atoms with Gasteiger partial charge in [-0.3, -0.25) is 4.79 Å². The largest absolute Gasteiger partial charge is 0.395 e. The lowest BCUT2D eigenvalue weighted by Crippen LogP contribution is -2.36. The molecule has 94 valence electrons. The van der Waals surface area contributed by atoms with Crippen molar-refractivity contribution in [1.29, 1.82) is 0 Å². The molecule has 0 aliphatic carbocycles. The quantitative estimate of drug-likeness (QED) is 0.877. The molecule has 0 radical (unpaired) electrons. The van der Waals surface area contributed by atoms with Gasteiger partial charge < -0.3 is 10.0 Å². The number of hydrogen-bond acceptors (Lipinski definition) is 2. The molecule has 4 heteroatoms. The second kappa shape index (κ2) is 6.62. The van der Waals surface area contributed by atoms with E-state index in [0.717, 1.165) is 5.56 Å². The van der Waals surface area contributed by atoms with E-state index in [2.05, 4.69) is 0 Å². The van der Waals surface area contributed by atoms with E-state index in [1.165, 1.54) is 0 Å². The van der Waals surface area contributed by atoms with Crippen LogP contribution in [0.5, 0.6) is 0 Å². The summed E-state index contributed by atoms with van der Waals surface area (Å²) in [4.78, 5) is 13.6. The Hall–Kier alpha value is -1.06. The second-order valence-electron chi connectivity index (χ2n) is 4.23. The summed E-state index contributed by atoms with van der Waals surface area (Å²) >= 11 is 6.05. The Kier molecular flexibility index (Phi) is 5.45. The van der Waals surface area contributed by atoms with Gasteiger partial charge in [0.2, 0.25) is 5.91 Å². The number of aliphatic hydroxyl groups is 1. The average molecular weight is 256 g/mol. The van der Waals surface area contributed by atoms with E-state index in [-0.39, 0.29) is 18.4 Å². The highest BCUT2D eigenvalue weighted by Crippen LogP contribution is 2.17. The van der Waals surface area contributed by atoms with Crippen LogP contribution in [0.3, 0.4) is 0 Å². The maximum Gasteiger partial charge on any atom is 0.225 e. The van der Waals surface area contributed by atoms with Crippen molar-refractivity contribution in [3.63, 3.8) is 0 Å². The number of halogens is 1. The van der Waals surface area contributed by atoms with Crippen molar-refractivity contribution in [3.05, 3.63) is 34.9 Å². The summed E-state index contributed by atoms with van der Waals surface area (Å²) in [6.07, 6.45) is 0. The van der Waals surface area contributed by atoms with E-state index in [4.69, 9.17) is 16.7 Å². The van der Waals surface area contributed by atoms with Gasteiger partial charge in [0.25, 0.3) is 0 Å². The third-order valence-electron chi connectivity index (χ3n) is 2.49. The number of amides is 1. The zero-order chi connectivity index (χ0) is 12.8. The number of carbonyl (C=O) groups is 1. The Morgan fingerprint density at radius 1 is 1.41 bits per heavy atom. The topological polar surface area (TPSA) is 40.5 Å². The minimum atomic E-state index is -0.0796. The lowest BCUT2D eigenvalue weighted by atomic mass is 10.1. The van der Waals surface area contributed by atoms with Gasteiger partial charge in [-0.15, -0.1) is 0 Å². The second-order valence-corrected chi connectivity index (χ2v) is 4.64. The van der Waals surface area contributed by atoms with Gasteiger partial charge in [-0.05, 0) is 11.6 Å². The number of carbonyl (C=O) groups excluding carboxylic acids is 1. The maximum absolute atomic E-state index is 11.9. The van der Waals surface area contributed by atoms with Crippen molar-refractivity contribution in [3.8, 4) is 0 Å². The molecular formula is C13H18ClNO2. The molecule has 0 unspecified atom stereocenters. The summed E-state index contributed by atoms with van der Waals surface area (Å²) in [6.45, 7) is 4.43. The maximum atomic E-state index is 11.9. The number of rotatable bonds is 5. The molecule has 0 atom stereocenters. The third-order valence-corrected chi connectivity index (χ3v) is 2.86. The minimum absolute atomic E-state index is 0.0268. The van der Waals surface area contributed by atoms with Crippen LogP contribution >= 0.6 is 11.6 Å². The van der Waals surface area contributed by atoms with Gasteiger partial charge in [0, 0.05) is 24.0 Å². The first-order chi connectivity index (χ1) is 8.06. The predicted molar refractivity (Wildman–Crippen MR) is 68.8 cm³/mol. The highest BCUT2D eigenvalue weighted by Gasteiger charge is 2.17. The molecule has 0 aliphatic rings. The summed E-state index contributed by atoms with van der Waals surface area (Å²) in [7, 11) is 0. The Labute approximate surface area is 107 Å². The summed E-state index contributed by atoms with van der Waals surface area (Å²) in [5.41, 5.74) is 0.900. The van der Waals surface area contributed by atoms with E-state index >= 15 is 0 Å². The molecule has 0 heterocycles. The first kappa shape index (κ1) is 14.0. The number of nitrogens with zero attached hydrogens (tertiary/aromatic N) is 1. The van der Waals surface area contributed by atoms with Crippen LogP contribution in [0.15, 0.2) is 24.3 Å². The summed E-state index contributed by atoms with van der Waals surface area (Å²) in [5, 5.41) is 9.63. The van der Waals surface area contributed by atoms with Crippen molar-refractivity contribution >= 4 is 17.5 Å². The molecule has 1 aromatic rings. The first-order valence-corrected chi connectivity index (χ1v) is 6.07. The van der Waals surface area contributed by atoms with Crippen molar-refractivity contribution in [1.82, 2.24) is 4.90 Å². The summed E-state index contributed by atoms with van der Waals surface area (Å²) in [5.74, 6) is -0.0528. The van der Waals surface area contributed by atoms with Crippen LogP contribution in [0.4, 0.5) is 0 Å². The molecule has 3 nitrogen and oxygen atoms in total. The minimum Gasteiger partial charge on any atom is -0.395 e. The van der Waals surface area contributed by atoms with Crippen molar-refractivity contribution in [2.75, 3.05) is 13.2 Å². The summed E-state index contributed by atoms with van der Waals surface area (Å²) < 4.78 is 0. The molecule has 0 bridgehead atoms. The van der Waals surface area contributed by atoms with Gasteiger partial charge in [0.05, 0.1) is 6.61 Å². The Bertz CT molecular complexity index is 379. The molecule has 0 aromatic heterocycles. The molecule has 0 spiro atoms. The fourth-order valence-corrected chi connectivity index (χ4v) is 1.78. The molecule has 17 heavy (non-hydrogen) atoms. The van der Waals surface area contributed by atoms with Crippen LogP contribution < -0.4 is 0 Å². The highest BCUT2D eigenvalue weighted by molar-refractivity contribution is 6.31. The van der Waals surface area contributed by atoms with Crippen LogP contribution in [0, 0.1) is 5.92 Å². The molecular weight excluding hydrogens is 238 g/mol. The van der Waals surface area contributed by atoms with Gasteiger partial charge in [-0.2, -0.15) is 0 Å². The van der Waals surface area contributed by atoms with Crippen LogP contribution in [-0.2, 0) is 11.3 Å². The van der Waals surface area contributed by atoms with Crippen LogP contribution in [0.1, 0.15) is 19.4 Å². The first-order valence-electron chi connectivity index (χ1n) is 5.69. The number of aliphatic hydroxyl groups excluding tert-OH is 1. The van der Waals surface area contributed by atoms with Crippen molar-refractivity contribution in [2.24, 2.45) is 5.92 Å². The fourth-order valence-electron chi connectivity index (χ4n) is 1.59. The van der Waals surface area contributed by atoms with Gasteiger partial charge >= 0.3 is 0 Å². The SMILES string of the molecule is CC(C)C(=O)N(CCO)Cc1ccccc1Cl. The Morgan fingerprint density at radius 3 is 2.59 bits per heavy atom. The Balaban J connectivity index is 2.80. The normalized spacial score (nSPS) is 10.6. The van der Waals surface area contributed by atoms with Gasteiger partial charge in [0.1, 0.15) is 0 Å². The van der Waals surface area contributed by atoms with Crippen LogP contribution in [0.25, 0.3) is 0 Å². The van der Waals surface area contributed by atoms with E-state index in [1.807, 2.05) is 32.0 Å².